The summed E-state index contributed by atoms with van der Waals surface area (Å²) < 4.78 is 60.6. The number of aromatic nitrogens is 1. The number of amides is 1. The molecule has 1 heterocycles. The van der Waals surface area contributed by atoms with Crippen molar-refractivity contribution >= 4 is 11.8 Å². The summed E-state index contributed by atoms with van der Waals surface area (Å²) in [5.41, 5.74) is 0.655. The fourth-order valence-corrected chi connectivity index (χ4v) is 2.86. The van der Waals surface area contributed by atoms with Crippen molar-refractivity contribution in [1.82, 2.24) is 4.57 Å². The van der Waals surface area contributed by atoms with Gasteiger partial charge in [0.15, 0.2) is 0 Å². The highest BCUT2D eigenvalue weighted by atomic mass is 19.4. The molecule has 1 amide bonds. The second-order valence-electron chi connectivity index (χ2n) is 6.94. The summed E-state index contributed by atoms with van der Waals surface area (Å²) in [6, 6.07) is 11.2. The van der Waals surface area contributed by atoms with Gasteiger partial charge in [0.25, 0.3) is 5.56 Å². The molecule has 0 fully saturated rings. The number of hydrogen-bond acceptors (Lipinski definition) is 4. The predicted octanol–water partition coefficient (Wildman–Crippen LogP) is 5.50. The first-order valence-corrected chi connectivity index (χ1v) is 9.38. The average Bonchev–Trinajstić information content (AvgIpc) is 2.68. The van der Waals surface area contributed by atoms with E-state index in [1.807, 2.05) is 0 Å². The summed E-state index contributed by atoms with van der Waals surface area (Å²) in [6.45, 7) is 3.31. The Kier molecular flexibility index (Phi) is 6.52. The SMILES string of the molecule is CC(C)OC(=O)Nc1cc(=O)n(-c2ccc(OC(F)(F)F)cc2)cc1-c1ccc(F)cc1. The van der Waals surface area contributed by atoms with E-state index < -0.39 is 35.7 Å². The van der Waals surface area contributed by atoms with Crippen LogP contribution in [0.15, 0.2) is 65.6 Å². The number of halogens is 4. The van der Waals surface area contributed by atoms with Crippen molar-refractivity contribution in [2.75, 3.05) is 5.32 Å². The van der Waals surface area contributed by atoms with Crippen LogP contribution in [0.5, 0.6) is 5.75 Å². The normalized spacial score (nSPS) is 11.3. The molecule has 168 valence electrons. The van der Waals surface area contributed by atoms with E-state index in [9.17, 15) is 27.2 Å². The standard InChI is InChI=1S/C22H18F4N2O4/c1-13(2)31-21(30)27-19-11-20(29)28(12-18(19)14-3-5-15(23)6-4-14)16-7-9-17(10-8-16)32-22(24,25)26/h3-13H,1-2H3,(H,27,30). The minimum absolute atomic E-state index is 0.125. The summed E-state index contributed by atoms with van der Waals surface area (Å²) in [6.07, 6.45) is -4.64. The van der Waals surface area contributed by atoms with Crippen LogP contribution in [0.2, 0.25) is 0 Å². The van der Waals surface area contributed by atoms with Gasteiger partial charge in [-0.1, -0.05) is 12.1 Å². The lowest BCUT2D eigenvalue weighted by atomic mass is 10.1. The highest BCUT2D eigenvalue weighted by Crippen LogP contribution is 2.29. The van der Waals surface area contributed by atoms with Crippen LogP contribution in [-0.4, -0.2) is 23.1 Å². The molecule has 3 rings (SSSR count). The summed E-state index contributed by atoms with van der Waals surface area (Å²) in [5, 5.41) is 2.50. The van der Waals surface area contributed by atoms with Gasteiger partial charge in [-0.05, 0) is 55.8 Å². The maximum atomic E-state index is 13.4. The molecule has 3 aromatic rings. The highest BCUT2D eigenvalue weighted by molar-refractivity contribution is 5.91. The third-order valence-corrected chi connectivity index (χ3v) is 4.14. The molecule has 0 atom stereocenters. The van der Waals surface area contributed by atoms with E-state index in [2.05, 4.69) is 10.1 Å². The molecule has 0 radical (unpaired) electrons. The number of alkyl halides is 3. The van der Waals surface area contributed by atoms with Gasteiger partial charge in [-0.3, -0.25) is 14.7 Å². The van der Waals surface area contributed by atoms with E-state index in [0.29, 0.717) is 11.1 Å². The molecule has 32 heavy (non-hydrogen) atoms. The molecule has 10 heteroatoms. The van der Waals surface area contributed by atoms with Crippen molar-refractivity contribution in [3.63, 3.8) is 0 Å². The van der Waals surface area contributed by atoms with Crippen LogP contribution in [0, 0.1) is 5.82 Å². The van der Waals surface area contributed by atoms with Crippen LogP contribution in [0.4, 0.5) is 28.0 Å². The topological polar surface area (TPSA) is 69.6 Å². The average molecular weight is 450 g/mol. The number of nitrogens with zero attached hydrogens (tertiary/aromatic N) is 1. The van der Waals surface area contributed by atoms with E-state index >= 15 is 0 Å². The molecule has 2 aromatic carbocycles. The van der Waals surface area contributed by atoms with E-state index in [1.54, 1.807) is 13.8 Å². The van der Waals surface area contributed by atoms with E-state index in [-0.39, 0.29) is 11.4 Å². The Morgan fingerprint density at radius 2 is 1.66 bits per heavy atom. The zero-order chi connectivity index (χ0) is 23.5. The Morgan fingerprint density at radius 3 is 2.22 bits per heavy atom. The summed E-state index contributed by atoms with van der Waals surface area (Å²) in [7, 11) is 0. The first-order valence-electron chi connectivity index (χ1n) is 9.38. The van der Waals surface area contributed by atoms with Crippen LogP contribution < -0.4 is 15.6 Å². The molecule has 0 unspecified atom stereocenters. The van der Waals surface area contributed by atoms with Crippen LogP contribution >= 0.6 is 0 Å². The van der Waals surface area contributed by atoms with Crippen molar-refractivity contribution in [2.45, 2.75) is 26.3 Å². The van der Waals surface area contributed by atoms with Crippen LogP contribution in [0.25, 0.3) is 16.8 Å². The van der Waals surface area contributed by atoms with Crippen LogP contribution in [0.3, 0.4) is 0 Å². The first kappa shape index (κ1) is 22.9. The molecule has 0 saturated heterocycles. The molecule has 0 aliphatic rings. The van der Waals surface area contributed by atoms with Gasteiger partial charge in [0.1, 0.15) is 11.6 Å². The second kappa shape index (κ2) is 9.13. The van der Waals surface area contributed by atoms with Crippen molar-refractivity contribution in [1.29, 1.82) is 0 Å². The number of pyridine rings is 1. The zero-order valence-corrected chi connectivity index (χ0v) is 16.9. The quantitative estimate of drug-likeness (QED) is 0.522. The van der Waals surface area contributed by atoms with Gasteiger partial charge in [0.05, 0.1) is 11.8 Å². The lowest BCUT2D eigenvalue weighted by Crippen LogP contribution is -2.22. The van der Waals surface area contributed by atoms with E-state index in [1.165, 1.54) is 47.2 Å². The van der Waals surface area contributed by atoms with Crippen molar-refractivity contribution < 1.29 is 31.8 Å². The number of nitrogens with one attached hydrogen (secondary N) is 1. The maximum absolute atomic E-state index is 13.4. The van der Waals surface area contributed by atoms with E-state index in [0.717, 1.165) is 18.2 Å². The van der Waals surface area contributed by atoms with Gasteiger partial charge >= 0.3 is 12.5 Å². The van der Waals surface area contributed by atoms with Crippen molar-refractivity contribution in [3.8, 4) is 22.6 Å². The van der Waals surface area contributed by atoms with Crippen molar-refractivity contribution in [2.24, 2.45) is 0 Å². The Bertz CT molecular complexity index is 1150. The molecule has 6 nitrogen and oxygen atoms in total. The van der Waals surface area contributed by atoms with Gasteiger partial charge in [0, 0.05) is 23.5 Å². The molecule has 0 bridgehead atoms. The molecular weight excluding hydrogens is 432 g/mol. The fourth-order valence-electron chi connectivity index (χ4n) is 2.86. The van der Waals surface area contributed by atoms with Crippen LogP contribution in [0.1, 0.15) is 13.8 Å². The number of anilines is 1. The summed E-state index contributed by atoms with van der Waals surface area (Å²) in [4.78, 5) is 24.8. The number of carbonyl (C=O) groups is 1. The predicted molar refractivity (Wildman–Crippen MR) is 109 cm³/mol. The Hall–Kier alpha value is -3.82. The third kappa shape index (κ3) is 5.87. The zero-order valence-electron chi connectivity index (χ0n) is 16.9. The van der Waals surface area contributed by atoms with Gasteiger partial charge in [-0.25, -0.2) is 9.18 Å². The lowest BCUT2D eigenvalue weighted by Gasteiger charge is -2.16. The number of ether oxygens (including phenoxy) is 2. The van der Waals surface area contributed by atoms with Gasteiger partial charge in [-0.2, -0.15) is 0 Å². The summed E-state index contributed by atoms with van der Waals surface area (Å²) in [5.74, 6) is -0.918. The smallest absolute Gasteiger partial charge is 0.447 e. The Balaban J connectivity index is 2.04. The molecular formula is C22H18F4N2O4. The molecule has 1 N–H and O–H groups in total. The fraction of sp³-hybridized carbons (Fsp3) is 0.182. The Morgan fingerprint density at radius 1 is 1.03 bits per heavy atom. The molecule has 0 spiro atoms. The molecule has 0 aliphatic heterocycles. The number of hydrogen-bond donors (Lipinski definition) is 1. The number of carbonyl (C=O) groups excluding carboxylic acids is 1. The minimum atomic E-state index is -4.84. The second-order valence-corrected chi connectivity index (χ2v) is 6.94. The third-order valence-electron chi connectivity index (χ3n) is 4.14. The van der Waals surface area contributed by atoms with Crippen LogP contribution in [-0.2, 0) is 4.74 Å². The molecule has 1 aromatic heterocycles. The van der Waals surface area contributed by atoms with Gasteiger partial charge < -0.3 is 9.47 Å². The number of rotatable bonds is 5. The molecule has 0 saturated carbocycles. The maximum Gasteiger partial charge on any atom is 0.573 e. The largest absolute Gasteiger partial charge is 0.573 e. The first-order chi connectivity index (χ1) is 15.0. The monoisotopic (exact) mass is 450 g/mol. The van der Waals surface area contributed by atoms with Gasteiger partial charge in [0.2, 0.25) is 0 Å². The number of benzene rings is 2. The Labute approximate surface area is 180 Å². The summed E-state index contributed by atoms with van der Waals surface area (Å²) >= 11 is 0. The lowest BCUT2D eigenvalue weighted by molar-refractivity contribution is -0.274. The highest BCUT2D eigenvalue weighted by Gasteiger charge is 2.31. The van der Waals surface area contributed by atoms with Crippen molar-refractivity contribution in [3.05, 3.63) is 77.0 Å². The van der Waals surface area contributed by atoms with Gasteiger partial charge in [-0.15, -0.1) is 13.2 Å². The minimum Gasteiger partial charge on any atom is -0.447 e. The molecule has 0 aliphatic carbocycles. The van der Waals surface area contributed by atoms with E-state index in [4.69, 9.17) is 4.74 Å².